The number of carbonyl (C=O) groups is 4. The molecule has 2 aliphatic rings. The van der Waals surface area contributed by atoms with Crippen molar-refractivity contribution in [3.8, 4) is 5.75 Å². The normalized spacial score (nSPS) is 15.0. The van der Waals surface area contributed by atoms with E-state index in [9.17, 15) is 19.2 Å². The third kappa shape index (κ3) is 3.56. The second kappa shape index (κ2) is 8.26. The monoisotopic (exact) mass is 426 g/mol. The van der Waals surface area contributed by atoms with E-state index in [1.807, 2.05) is 0 Å². The summed E-state index contributed by atoms with van der Waals surface area (Å²) >= 11 is 0. The number of hydrogen-bond donors (Lipinski definition) is 0. The molecule has 10 heteroatoms. The van der Waals surface area contributed by atoms with Crippen LogP contribution in [0.1, 0.15) is 47.0 Å². The molecule has 2 aliphatic heterocycles. The lowest BCUT2D eigenvalue weighted by Gasteiger charge is -2.20. The fraction of sp³-hybridized carbons (Fsp3) is 0.238. The molecule has 0 aliphatic carbocycles. The molecule has 0 aromatic heterocycles. The molecule has 4 amide bonds. The van der Waals surface area contributed by atoms with Gasteiger partial charge in [0.05, 0.1) is 29.4 Å². The largest absolute Gasteiger partial charge is 0.468 e. The fourth-order valence-corrected chi connectivity index (χ4v) is 3.44. The molecule has 4 rings (SSSR count). The minimum absolute atomic E-state index is 0.0168. The SMILES string of the molecule is COCOc1ccc2c(c1)C(=O)N(CN1C(=O)c3ccc(COOC)cc3C1=O)C2=O. The highest BCUT2D eigenvalue weighted by Crippen LogP contribution is 2.30. The van der Waals surface area contributed by atoms with Gasteiger partial charge in [-0.3, -0.25) is 29.0 Å². The molecular weight excluding hydrogens is 408 g/mol. The van der Waals surface area contributed by atoms with Gasteiger partial charge < -0.3 is 9.47 Å². The van der Waals surface area contributed by atoms with Crippen molar-refractivity contribution < 1.29 is 38.4 Å². The summed E-state index contributed by atoms with van der Waals surface area (Å²) in [6, 6.07) is 9.10. The lowest BCUT2D eigenvalue weighted by Crippen LogP contribution is -2.43. The number of hydrogen-bond acceptors (Lipinski definition) is 8. The standard InChI is InChI=1S/C21H18N2O8/c1-28-11-30-13-4-6-15-17(8-13)21(27)23(19(15)25)10-22-18(24)14-5-3-12(9-31-29-2)7-16(14)20(22)26/h3-8H,9-11H2,1-2H3. The van der Waals surface area contributed by atoms with Gasteiger partial charge in [0.25, 0.3) is 23.6 Å². The van der Waals surface area contributed by atoms with E-state index in [0.29, 0.717) is 11.3 Å². The average Bonchev–Trinajstić information content (AvgIpc) is 3.16. The Bertz CT molecular complexity index is 1010. The number of benzene rings is 2. The molecule has 2 aromatic rings. The number of rotatable bonds is 8. The Balaban J connectivity index is 1.55. The second-order valence-electron chi connectivity index (χ2n) is 6.79. The molecule has 0 saturated heterocycles. The maximum absolute atomic E-state index is 12.8. The summed E-state index contributed by atoms with van der Waals surface area (Å²) < 4.78 is 10.1. The molecule has 0 fully saturated rings. The Morgan fingerprint density at radius 3 is 1.94 bits per heavy atom. The quantitative estimate of drug-likeness (QED) is 0.271. The Labute approximate surface area is 176 Å². The molecule has 10 nitrogen and oxygen atoms in total. The van der Waals surface area contributed by atoms with Crippen LogP contribution in [0.5, 0.6) is 5.75 Å². The van der Waals surface area contributed by atoms with E-state index in [4.69, 9.17) is 14.4 Å². The number of ether oxygens (including phenoxy) is 2. The van der Waals surface area contributed by atoms with Gasteiger partial charge in [0.2, 0.25) is 0 Å². The Kier molecular flexibility index (Phi) is 5.51. The first-order chi connectivity index (χ1) is 15.0. The summed E-state index contributed by atoms with van der Waals surface area (Å²) in [6.07, 6.45) is 0. The van der Waals surface area contributed by atoms with Gasteiger partial charge in [-0.15, -0.1) is 0 Å². The van der Waals surface area contributed by atoms with Gasteiger partial charge in [0.15, 0.2) is 6.79 Å². The Morgan fingerprint density at radius 2 is 1.32 bits per heavy atom. The van der Waals surface area contributed by atoms with Gasteiger partial charge in [-0.25, -0.2) is 9.78 Å². The molecule has 0 spiro atoms. The van der Waals surface area contributed by atoms with Crippen molar-refractivity contribution in [1.29, 1.82) is 0 Å². The Morgan fingerprint density at radius 1 is 0.742 bits per heavy atom. The van der Waals surface area contributed by atoms with E-state index in [1.54, 1.807) is 6.07 Å². The molecule has 0 saturated carbocycles. The van der Waals surface area contributed by atoms with E-state index in [0.717, 1.165) is 9.80 Å². The van der Waals surface area contributed by atoms with Crippen molar-refractivity contribution in [3.63, 3.8) is 0 Å². The first-order valence-electron chi connectivity index (χ1n) is 9.23. The van der Waals surface area contributed by atoms with Crippen LogP contribution in [0, 0.1) is 0 Å². The van der Waals surface area contributed by atoms with Crippen LogP contribution >= 0.6 is 0 Å². The molecule has 0 radical (unpaired) electrons. The summed E-state index contributed by atoms with van der Waals surface area (Å²) in [5.74, 6) is -2.03. The van der Waals surface area contributed by atoms with E-state index >= 15 is 0 Å². The van der Waals surface area contributed by atoms with Crippen LogP contribution in [0.25, 0.3) is 0 Å². The minimum Gasteiger partial charge on any atom is -0.468 e. The molecule has 0 N–H and O–H groups in total. The van der Waals surface area contributed by atoms with E-state index in [-0.39, 0.29) is 35.7 Å². The molecule has 2 aromatic carbocycles. The maximum Gasteiger partial charge on any atom is 0.263 e. The second-order valence-corrected chi connectivity index (χ2v) is 6.79. The number of carbonyl (C=O) groups excluding carboxylic acids is 4. The average molecular weight is 426 g/mol. The number of amides is 4. The molecule has 2 heterocycles. The first-order valence-corrected chi connectivity index (χ1v) is 9.23. The lowest BCUT2D eigenvalue weighted by molar-refractivity contribution is -0.282. The van der Waals surface area contributed by atoms with Gasteiger partial charge in [-0.1, -0.05) is 6.07 Å². The van der Waals surface area contributed by atoms with E-state index < -0.39 is 30.3 Å². The molecule has 0 atom stereocenters. The van der Waals surface area contributed by atoms with Crippen LogP contribution in [0.3, 0.4) is 0 Å². The van der Waals surface area contributed by atoms with Gasteiger partial charge in [-0.05, 0) is 35.9 Å². The third-order valence-corrected chi connectivity index (χ3v) is 4.95. The summed E-state index contributed by atoms with van der Waals surface area (Å²) in [5.41, 5.74) is 1.31. The number of nitrogens with zero attached hydrogens (tertiary/aromatic N) is 2. The van der Waals surface area contributed by atoms with Crippen molar-refractivity contribution in [2.45, 2.75) is 6.61 Å². The van der Waals surface area contributed by atoms with Crippen LogP contribution in [0.2, 0.25) is 0 Å². The summed E-state index contributed by atoms with van der Waals surface area (Å²) in [5, 5.41) is 0. The molecule has 160 valence electrons. The number of methoxy groups -OCH3 is 1. The van der Waals surface area contributed by atoms with Gasteiger partial charge in [0, 0.05) is 7.11 Å². The van der Waals surface area contributed by atoms with Gasteiger partial charge in [-0.2, -0.15) is 0 Å². The third-order valence-electron chi connectivity index (χ3n) is 4.95. The van der Waals surface area contributed by atoms with Crippen molar-refractivity contribution in [3.05, 3.63) is 64.2 Å². The van der Waals surface area contributed by atoms with Gasteiger partial charge in [0.1, 0.15) is 19.0 Å². The van der Waals surface area contributed by atoms with E-state index in [2.05, 4.69) is 4.89 Å². The minimum atomic E-state index is -0.617. The van der Waals surface area contributed by atoms with Crippen molar-refractivity contribution in [2.24, 2.45) is 0 Å². The number of fused-ring (bicyclic) bond motifs is 2. The summed E-state index contributed by atoms with van der Waals surface area (Å²) in [6.45, 7) is -0.412. The zero-order valence-electron chi connectivity index (χ0n) is 16.7. The van der Waals surface area contributed by atoms with E-state index in [1.165, 1.54) is 44.6 Å². The van der Waals surface area contributed by atoms with Crippen LogP contribution in [0.15, 0.2) is 36.4 Å². The van der Waals surface area contributed by atoms with Crippen molar-refractivity contribution >= 4 is 23.6 Å². The summed E-state index contributed by atoms with van der Waals surface area (Å²) in [7, 11) is 2.82. The highest BCUT2D eigenvalue weighted by Gasteiger charge is 2.42. The smallest absolute Gasteiger partial charge is 0.263 e. The maximum atomic E-state index is 12.8. The zero-order chi connectivity index (χ0) is 22.1. The fourth-order valence-electron chi connectivity index (χ4n) is 3.44. The Hall–Kier alpha value is -3.60. The topological polar surface area (TPSA) is 112 Å². The highest BCUT2D eigenvalue weighted by molar-refractivity contribution is 6.24. The molecule has 0 bridgehead atoms. The predicted octanol–water partition coefficient (Wildman–Crippen LogP) is 1.60. The first kappa shape index (κ1) is 20.7. The predicted molar refractivity (Wildman–Crippen MR) is 103 cm³/mol. The van der Waals surface area contributed by atoms with Gasteiger partial charge >= 0.3 is 0 Å². The lowest BCUT2D eigenvalue weighted by atomic mass is 10.1. The van der Waals surface area contributed by atoms with Crippen molar-refractivity contribution in [2.75, 3.05) is 27.7 Å². The van der Waals surface area contributed by atoms with Crippen LogP contribution in [-0.2, 0) is 21.1 Å². The molecular formula is C21H18N2O8. The van der Waals surface area contributed by atoms with Crippen molar-refractivity contribution in [1.82, 2.24) is 9.80 Å². The molecule has 0 unspecified atom stereocenters. The summed E-state index contributed by atoms with van der Waals surface area (Å²) in [4.78, 5) is 62.3. The molecule has 31 heavy (non-hydrogen) atoms. The van der Waals surface area contributed by atoms with Crippen LogP contribution in [0.4, 0.5) is 0 Å². The highest BCUT2D eigenvalue weighted by atomic mass is 17.2. The zero-order valence-corrected chi connectivity index (χ0v) is 16.7. The van der Waals surface area contributed by atoms with Crippen LogP contribution in [-0.4, -0.2) is 61.1 Å². The number of imide groups is 2. The van der Waals surface area contributed by atoms with Crippen LogP contribution < -0.4 is 4.74 Å².